The molecule has 0 aromatic heterocycles. The van der Waals surface area contributed by atoms with Crippen LogP contribution in [0.3, 0.4) is 0 Å². The largest absolute Gasteiger partial charge is 0.343 e. The monoisotopic (exact) mass is 343 g/mol. The van der Waals surface area contributed by atoms with E-state index in [2.05, 4.69) is 29.6 Å². The number of benzene rings is 1. The fraction of sp³-hybridized carbons (Fsp3) is 0.600. The maximum atomic E-state index is 12.3. The quantitative estimate of drug-likeness (QED) is 0.894. The van der Waals surface area contributed by atoms with Gasteiger partial charge in [-0.05, 0) is 43.6 Å². The van der Waals surface area contributed by atoms with E-state index in [1.807, 2.05) is 15.9 Å². The lowest BCUT2D eigenvalue weighted by atomic mass is 9.90. The average molecular weight is 343 g/mol. The summed E-state index contributed by atoms with van der Waals surface area (Å²) in [5, 5.41) is 2.91. The number of nitrogens with one attached hydrogen (secondary N) is 1. The molecule has 0 aliphatic carbocycles. The number of carbonyl (C=O) groups excluding carboxylic acids is 2. The summed E-state index contributed by atoms with van der Waals surface area (Å²) < 4.78 is 0. The molecule has 1 aromatic rings. The molecule has 2 heterocycles. The summed E-state index contributed by atoms with van der Waals surface area (Å²) in [6.07, 6.45) is 5.83. The van der Waals surface area contributed by atoms with Crippen molar-refractivity contribution in [1.82, 2.24) is 15.1 Å². The Kier molecular flexibility index (Phi) is 6.31. The van der Waals surface area contributed by atoms with Gasteiger partial charge in [-0.3, -0.25) is 4.79 Å². The van der Waals surface area contributed by atoms with E-state index in [1.165, 1.54) is 5.56 Å². The van der Waals surface area contributed by atoms with Crippen molar-refractivity contribution < 1.29 is 9.59 Å². The molecule has 0 saturated carbocycles. The van der Waals surface area contributed by atoms with E-state index in [4.69, 9.17) is 0 Å². The number of hydrogen-bond donors (Lipinski definition) is 1. The third-order valence-corrected chi connectivity index (χ3v) is 5.34. The van der Waals surface area contributed by atoms with E-state index < -0.39 is 0 Å². The lowest BCUT2D eigenvalue weighted by molar-refractivity contribution is -0.129. The second-order valence-corrected chi connectivity index (χ2v) is 7.19. The number of carbonyl (C=O) groups is 2. The van der Waals surface area contributed by atoms with Gasteiger partial charge in [0.15, 0.2) is 0 Å². The van der Waals surface area contributed by atoms with E-state index in [0.29, 0.717) is 18.9 Å². The van der Waals surface area contributed by atoms with E-state index in [0.717, 1.165) is 58.3 Å². The van der Waals surface area contributed by atoms with Gasteiger partial charge in [0.2, 0.25) is 5.91 Å². The smallest absolute Gasteiger partial charge is 0.317 e. The normalized spacial score (nSPS) is 18.4. The van der Waals surface area contributed by atoms with Gasteiger partial charge >= 0.3 is 6.03 Å². The predicted molar refractivity (Wildman–Crippen MR) is 98.3 cm³/mol. The van der Waals surface area contributed by atoms with Crippen LogP contribution in [0.25, 0.3) is 0 Å². The van der Waals surface area contributed by atoms with Gasteiger partial charge in [0, 0.05) is 39.1 Å². The maximum absolute atomic E-state index is 12.3. The maximum Gasteiger partial charge on any atom is 0.317 e. The number of amides is 3. The lowest BCUT2D eigenvalue weighted by Crippen LogP contribution is -2.45. The van der Waals surface area contributed by atoms with Crippen LogP contribution < -0.4 is 5.32 Å². The Bertz CT molecular complexity index is 562. The Morgan fingerprint density at radius 1 is 0.960 bits per heavy atom. The summed E-state index contributed by atoms with van der Waals surface area (Å²) in [5.41, 5.74) is 1.38. The van der Waals surface area contributed by atoms with Crippen molar-refractivity contribution >= 4 is 11.9 Å². The minimum absolute atomic E-state index is 0.0209. The van der Waals surface area contributed by atoms with Crippen molar-refractivity contribution in [1.29, 1.82) is 0 Å². The molecule has 136 valence electrons. The van der Waals surface area contributed by atoms with Gasteiger partial charge < -0.3 is 15.1 Å². The van der Waals surface area contributed by atoms with Crippen LogP contribution in [-0.2, 0) is 11.2 Å². The van der Waals surface area contributed by atoms with Gasteiger partial charge in [-0.2, -0.15) is 0 Å². The minimum atomic E-state index is -0.0209. The number of nitrogens with zero attached hydrogens (tertiary/aromatic N) is 2. The SMILES string of the molecule is O=C(CCNC(=O)N1CCC(Cc2ccccc2)CC1)N1CCCC1. The molecule has 1 N–H and O–H groups in total. The molecule has 0 bridgehead atoms. The number of urea groups is 1. The Hall–Kier alpha value is -2.04. The molecule has 2 saturated heterocycles. The van der Waals surface area contributed by atoms with Gasteiger partial charge in [-0.1, -0.05) is 30.3 Å². The van der Waals surface area contributed by atoms with E-state index >= 15 is 0 Å². The summed E-state index contributed by atoms with van der Waals surface area (Å²) in [7, 11) is 0. The fourth-order valence-electron chi connectivity index (χ4n) is 3.80. The van der Waals surface area contributed by atoms with Crippen molar-refractivity contribution in [3.8, 4) is 0 Å². The zero-order valence-corrected chi connectivity index (χ0v) is 15.0. The van der Waals surface area contributed by atoms with E-state index in [1.54, 1.807) is 0 Å². The molecule has 0 radical (unpaired) electrons. The zero-order chi connectivity index (χ0) is 17.5. The molecule has 5 heteroatoms. The van der Waals surface area contributed by atoms with Gasteiger partial charge in [0.1, 0.15) is 0 Å². The first-order valence-electron chi connectivity index (χ1n) is 9.57. The first-order valence-corrected chi connectivity index (χ1v) is 9.57. The van der Waals surface area contributed by atoms with Gasteiger partial charge in [0.05, 0.1) is 0 Å². The number of piperidine rings is 1. The Labute approximate surface area is 150 Å². The van der Waals surface area contributed by atoms with Crippen LogP contribution in [0.1, 0.15) is 37.7 Å². The van der Waals surface area contributed by atoms with Crippen LogP contribution in [-0.4, -0.2) is 54.5 Å². The highest BCUT2D eigenvalue weighted by atomic mass is 16.2. The Morgan fingerprint density at radius 2 is 1.64 bits per heavy atom. The molecule has 3 rings (SSSR count). The molecular weight excluding hydrogens is 314 g/mol. The lowest BCUT2D eigenvalue weighted by Gasteiger charge is -2.32. The number of likely N-dealkylation sites (tertiary alicyclic amines) is 2. The molecule has 0 unspecified atom stereocenters. The first-order chi connectivity index (χ1) is 12.2. The number of rotatable bonds is 5. The topological polar surface area (TPSA) is 52.7 Å². The van der Waals surface area contributed by atoms with Gasteiger partial charge in [-0.15, -0.1) is 0 Å². The molecule has 2 fully saturated rings. The molecule has 5 nitrogen and oxygen atoms in total. The summed E-state index contributed by atoms with van der Waals surface area (Å²) in [6.45, 7) is 3.81. The third kappa shape index (κ3) is 5.21. The fourth-order valence-corrected chi connectivity index (χ4v) is 3.80. The predicted octanol–water partition coefficient (Wildman–Crippen LogP) is 2.66. The minimum Gasteiger partial charge on any atom is -0.343 e. The van der Waals surface area contributed by atoms with Crippen LogP contribution in [0.2, 0.25) is 0 Å². The molecular formula is C20H29N3O2. The van der Waals surface area contributed by atoms with Crippen molar-refractivity contribution in [2.75, 3.05) is 32.7 Å². The van der Waals surface area contributed by atoms with Gasteiger partial charge in [-0.25, -0.2) is 4.79 Å². The van der Waals surface area contributed by atoms with Gasteiger partial charge in [0.25, 0.3) is 0 Å². The summed E-state index contributed by atoms with van der Waals surface area (Å²) >= 11 is 0. The molecule has 3 amide bonds. The van der Waals surface area contributed by atoms with Crippen LogP contribution in [0.4, 0.5) is 4.79 Å². The second kappa shape index (κ2) is 8.88. The van der Waals surface area contributed by atoms with Crippen molar-refractivity contribution in [3.05, 3.63) is 35.9 Å². The average Bonchev–Trinajstić information content (AvgIpc) is 3.18. The highest BCUT2D eigenvalue weighted by Crippen LogP contribution is 2.21. The Balaban J connectivity index is 1.33. The zero-order valence-electron chi connectivity index (χ0n) is 15.0. The standard InChI is InChI=1S/C20H29N3O2/c24-19(22-12-4-5-13-22)8-11-21-20(25)23-14-9-18(10-15-23)16-17-6-2-1-3-7-17/h1-3,6-7,18H,4-5,8-16H2,(H,21,25). The molecule has 1 aromatic carbocycles. The van der Waals surface area contributed by atoms with E-state index in [-0.39, 0.29) is 11.9 Å². The van der Waals surface area contributed by atoms with Crippen LogP contribution in [0.5, 0.6) is 0 Å². The first kappa shape index (κ1) is 17.8. The third-order valence-electron chi connectivity index (χ3n) is 5.34. The molecule has 0 atom stereocenters. The molecule has 2 aliphatic heterocycles. The van der Waals surface area contributed by atoms with Crippen LogP contribution in [0, 0.1) is 5.92 Å². The second-order valence-electron chi connectivity index (χ2n) is 7.19. The highest BCUT2D eigenvalue weighted by Gasteiger charge is 2.23. The van der Waals surface area contributed by atoms with E-state index in [9.17, 15) is 9.59 Å². The number of hydrogen-bond acceptors (Lipinski definition) is 2. The van der Waals surface area contributed by atoms with Crippen LogP contribution >= 0.6 is 0 Å². The Morgan fingerprint density at radius 3 is 2.32 bits per heavy atom. The summed E-state index contributed by atoms with van der Waals surface area (Å²) in [5.74, 6) is 0.822. The van der Waals surface area contributed by atoms with Crippen LogP contribution in [0.15, 0.2) is 30.3 Å². The molecule has 25 heavy (non-hydrogen) atoms. The molecule has 2 aliphatic rings. The van der Waals surface area contributed by atoms with Crippen molar-refractivity contribution in [2.24, 2.45) is 5.92 Å². The molecule has 0 spiro atoms. The van der Waals surface area contributed by atoms with Crippen molar-refractivity contribution in [3.63, 3.8) is 0 Å². The summed E-state index contributed by atoms with van der Waals surface area (Å²) in [4.78, 5) is 28.0. The summed E-state index contributed by atoms with van der Waals surface area (Å²) in [6, 6.07) is 10.5. The highest BCUT2D eigenvalue weighted by molar-refractivity contribution is 5.78. The van der Waals surface area contributed by atoms with Crippen molar-refractivity contribution in [2.45, 2.75) is 38.5 Å².